The summed E-state index contributed by atoms with van der Waals surface area (Å²) in [5, 5.41) is 0. The van der Waals surface area contributed by atoms with E-state index in [9.17, 15) is 0 Å². The topological polar surface area (TPSA) is 18.8 Å². The second-order valence-electron chi connectivity index (χ2n) is 12.1. The van der Waals surface area contributed by atoms with Crippen LogP contribution in [-0.4, -0.2) is 49.2 Å². The third-order valence-electron chi connectivity index (χ3n) is 3.48. The number of hydrogen-bond donors (Lipinski definition) is 0. The Bertz CT molecular complexity index is 458. The molecule has 0 saturated heterocycles. The van der Waals surface area contributed by atoms with Gasteiger partial charge in [0.2, 0.25) is 0 Å². The minimum absolute atomic E-state index is 1.63. The average Bonchev–Trinajstić information content (AvgIpc) is 1.98. The lowest BCUT2D eigenvalue weighted by Crippen LogP contribution is -2.64. The second kappa shape index (κ2) is 7.74. The highest BCUT2D eigenvalue weighted by molar-refractivity contribution is 7.92. The van der Waals surface area contributed by atoms with Gasteiger partial charge in [-0.15, -0.1) is 0 Å². The zero-order chi connectivity index (χ0) is 20.9. The first-order chi connectivity index (χ1) is 10.4. The predicted octanol–water partition coefficient (Wildman–Crippen LogP) is 7.95. The maximum absolute atomic E-state index is 7.86. The summed E-state index contributed by atoms with van der Waals surface area (Å²) in [5.74, 6) is 0. The molecule has 0 saturated carbocycles. The molecule has 0 unspecified atom stereocenters. The van der Waals surface area contributed by atoms with Crippen LogP contribution in [0.2, 0.25) is 98.2 Å². The van der Waals surface area contributed by atoms with Crippen molar-refractivity contribution in [3.05, 3.63) is 0 Å². The molecule has 0 aliphatic carbocycles. The molecule has 0 aromatic heterocycles. The summed E-state index contributed by atoms with van der Waals surface area (Å²) in [5.41, 5.74) is 0. The minimum atomic E-state index is -2.22. The largest absolute Gasteiger partial charge is 0.301 e. The molecule has 0 bridgehead atoms. The smallest absolute Gasteiger partial charge is 0.175 e. The molecule has 0 radical (unpaired) electrons. The first-order valence-corrected chi connectivity index (χ1v) is 29.2. The summed E-state index contributed by atoms with van der Waals surface area (Å²) >= 11 is 7.86. The van der Waals surface area contributed by atoms with Gasteiger partial charge in [-0.3, -0.25) is 8.00 Å². The molecule has 0 aromatic carbocycles. The van der Waals surface area contributed by atoms with Crippen LogP contribution in [0.15, 0.2) is 4.41 Å². The Morgan fingerprint density at radius 1 is 0.520 bits per heavy atom. The van der Waals surface area contributed by atoms with E-state index in [0.717, 1.165) is 0 Å². The molecule has 0 atom stereocenters. The first-order valence-electron chi connectivity index (χ1n) is 9.39. The molecule has 0 N–H and O–H groups in total. The highest BCUT2D eigenvalue weighted by Crippen LogP contribution is 2.68. The summed E-state index contributed by atoms with van der Waals surface area (Å²) < 4.78 is 11.3. The molecule has 152 valence electrons. The van der Waals surface area contributed by atoms with Crippen molar-refractivity contribution in [2.24, 2.45) is 4.41 Å². The Kier molecular flexibility index (Phi) is 8.22. The molecular weight excluding hydrogens is 429 g/mol. The lowest BCUT2D eigenvalue weighted by Gasteiger charge is -2.58. The minimum Gasteiger partial charge on any atom is -0.301 e. The molecule has 0 rings (SSSR count). The van der Waals surface area contributed by atoms with E-state index in [1.165, 1.54) is 0 Å². The van der Waals surface area contributed by atoms with E-state index < -0.39 is 47.9 Å². The third-order valence-corrected chi connectivity index (χ3v) is 34.7. The van der Waals surface area contributed by atoms with Gasteiger partial charge in [-0.05, 0) is 30.9 Å². The number of nitrogens with zero attached hydrogens (tertiary/aromatic N) is 3. The summed E-state index contributed by atoms with van der Waals surface area (Å²) in [6.45, 7) is 34.4. The van der Waals surface area contributed by atoms with Crippen molar-refractivity contribution in [3.8, 4) is 0 Å². The van der Waals surface area contributed by atoms with Crippen molar-refractivity contribution < 1.29 is 0 Å². The van der Waals surface area contributed by atoms with Crippen molar-refractivity contribution in [1.82, 2.24) is 8.00 Å². The summed E-state index contributed by atoms with van der Waals surface area (Å²) in [4.78, 5) is 0. The van der Waals surface area contributed by atoms with Crippen LogP contribution in [0.4, 0.5) is 0 Å². The Balaban J connectivity index is 7.17. The Morgan fingerprint density at radius 2 is 0.720 bits per heavy atom. The van der Waals surface area contributed by atoms with Crippen LogP contribution in [0.1, 0.15) is 0 Å². The number of rotatable bonds is 7. The highest BCUT2D eigenvalue weighted by Gasteiger charge is 2.53. The SMILES string of the molecule is C[Si](C)(C)N=P(Cl)(N([Si](C)(C)C)[Si](C)(C)C)N([Si](C)(C)C)[Si](C)(C)C. The van der Waals surface area contributed by atoms with E-state index in [-0.39, 0.29) is 0 Å². The zero-order valence-electron chi connectivity index (χ0n) is 19.7. The number of hydrogen-bond acceptors (Lipinski definition) is 1. The molecule has 3 nitrogen and oxygen atoms in total. The maximum Gasteiger partial charge on any atom is 0.175 e. The predicted molar refractivity (Wildman–Crippen MR) is 136 cm³/mol. The van der Waals surface area contributed by atoms with Crippen molar-refractivity contribution in [3.63, 3.8) is 0 Å². The molecule has 0 fully saturated rings. The molecule has 10 heteroatoms. The molecule has 0 aromatic rings. The first kappa shape index (κ1) is 26.5. The van der Waals surface area contributed by atoms with Gasteiger partial charge in [-0.1, -0.05) is 78.6 Å². The highest BCUT2D eigenvalue weighted by atomic mass is 35.7. The van der Waals surface area contributed by atoms with Gasteiger partial charge in [0.05, 0.1) is 0 Å². The normalized spacial score (nSPS) is 15.9. The Hall–Kier alpha value is 1.52. The third kappa shape index (κ3) is 7.46. The van der Waals surface area contributed by atoms with Crippen molar-refractivity contribution in [1.29, 1.82) is 0 Å². The average molecular weight is 474 g/mol. The van der Waals surface area contributed by atoms with Crippen LogP contribution in [0.3, 0.4) is 0 Å². The van der Waals surface area contributed by atoms with Gasteiger partial charge in [0.1, 0.15) is 32.9 Å². The van der Waals surface area contributed by atoms with Crippen LogP contribution in [0, 0.1) is 0 Å². The van der Waals surface area contributed by atoms with E-state index in [4.69, 9.17) is 15.7 Å². The summed E-state index contributed by atoms with van der Waals surface area (Å²) in [6, 6.07) is 0. The van der Waals surface area contributed by atoms with Crippen LogP contribution in [0.25, 0.3) is 0 Å². The van der Waals surface area contributed by atoms with Gasteiger partial charge >= 0.3 is 0 Å². The van der Waals surface area contributed by atoms with Crippen LogP contribution in [-0.2, 0) is 0 Å². The molecule has 25 heavy (non-hydrogen) atoms. The summed E-state index contributed by atoms with van der Waals surface area (Å²) in [6.07, 6.45) is 0. The van der Waals surface area contributed by atoms with E-state index in [1.807, 2.05) is 0 Å². The van der Waals surface area contributed by atoms with E-state index in [0.29, 0.717) is 0 Å². The number of halogens is 1. The van der Waals surface area contributed by atoms with E-state index >= 15 is 0 Å². The molecule has 0 heterocycles. The van der Waals surface area contributed by atoms with Gasteiger partial charge in [-0.2, -0.15) is 0 Å². The second-order valence-corrected chi connectivity index (χ2v) is 41.9. The molecule has 0 amide bonds. The van der Waals surface area contributed by atoms with E-state index in [1.54, 1.807) is 0 Å². The molecule has 0 aliphatic rings. The fourth-order valence-electron chi connectivity index (χ4n) is 4.10. The fourth-order valence-corrected chi connectivity index (χ4v) is 50.3. The lowest BCUT2D eigenvalue weighted by atomic mass is 11.8. The molecule has 0 spiro atoms. The quantitative estimate of drug-likeness (QED) is 0.275. The van der Waals surface area contributed by atoms with Crippen molar-refractivity contribution in [2.75, 3.05) is 0 Å². The van der Waals surface area contributed by atoms with Gasteiger partial charge in [0, 0.05) is 0 Å². The van der Waals surface area contributed by atoms with Gasteiger partial charge in [0.25, 0.3) is 0 Å². The fraction of sp³-hybridized carbons (Fsp3) is 1.00. The van der Waals surface area contributed by atoms with Crippen LogP contribution < -0.4 is 0 Å². The Morgan fingerprint density at radius 3 is 0.840 bits per heavy atom. The monoisotopic (exact) mass is 473 g/mol. The molecule has 0 aliphatic heterocycles. The van der Waals surface area contributed by atoms with Crippen molar-refractivity contribution in [2.45, 2.75) is 98.2 Å². The van der Waals surface area contributed by atoms with Crippen molar-refractivity contribution >= 4 is 59.1 Å². The van der Waals surface area contributed by atoms with Crippen LogP contribution in [0.5, 0.6) is 0 Å². The van der Waals surface area contributed by atoms with Gasteiger partial charge < -0.3 is 4.41 Å². The van der Waals surface area contributed by atoms with Crippen LogP contribution >= 0.6 is 17.9 Å². The zero-order valence-corrected chi connectivity index (χ0v) is 26.3. The lowest BCUT2D eigenvalue weighted by molar-refractivity contribution is 0.863. The Labute approximate surface area is 169 Å². The van der Waals surface area contributed by atoms with E-state index in [2.05, 4.69) is 106 Å². The van der Waals surface area contributed by atoms with Gasteiger partial charge in [-0.25, -0.2) is 0 Å². The van der Waals surface area contributed by atoms with Gasteiger partial charge in [0.15, 0.2) is 14.9 Å². The standard InChI is InChI=1S/C15H45ClN3PSi5/c1-21(2,3)17-20(16,18(22(4,5)6)23(7,8)9)19(24(10,11)12)25(13,14)15/h1-15H3. The molecular formula is C15H45ClN3PSi5. The summed E-state index contributed by atoms with van der Waals surface area (Å²) in [7, 11) is -8.22. The maximum atomic E-state index is 7.86.